The minimum Gasteiger partial charge on any atom is -0.496 e. The van der Waals surface area contributed by atoms with Gasteiger partial charge in [0.15, 0.2) is 0 Å². The summed E-state index contributed by atoms with van der Waals surface area (Å²) in [4.78, 5) is 12.1. The first-order valence-electron chi connectivity index (χ1n) is 8.12. The van der Waals surface area contributed by atoms with Gasteiger partial charge in [-0.2, -0.15) is 5.10 Å². The third kappa shape index (κ3) is 4.59. The Morgan fingerprint density at radius 3 is 2.32 bits per heavy atom. The number of alkyl halides is 3. The van der Waals surface area contributed by atoms with E-state index in [-0.39, 0.29) is 5.56 Å². The molecule has 0 spiro atoms. The molecule has 0 fully saturated rings. The number of amides is 1. The minimum atomic E-state index is -4.78. The molecule has 0 atom stereocenters. The molecule has 28 heavy (non-hydrogen) atoms. The van der Waals surface area contributed by atoms with Crippen molar-refractivity contribution < 1.29 is 27.4 Å². The molecule has 3 rings (SSSR count). The number of ether oxygens (including phenoxy) is 2. The second kappa shape index (κ2) is 7.99. The van der Waals surface area contributed by atoms with E-state index in [1.54, 1.807) is 19.2 Å². The number of hydrogen-bond acceptors (Lipinski definition) is 4. The molecule has 0 saturated heterocycles. The van der Waals surface area contributed by atoms with Crippen molar-refractivity contribution in [3.05, 3.63) is 71.8 Å². The number of carbonyl (C=O) groups is 1. The fourth-order valence-electron chi connectivity index (χ4n) is 2.62. The van der Waals surface area contributed by atoms with Crippen LogP contribution in [0.3, 0.4) is 0 Å². The number of benzene rings is 3. The average molecular weight is 388 g/mol. The summed E-state index contributed by atoms with van der Waals surface area (Å²) in [6.45, 7) is 0. The predicted molar refractivity (Wildman–Crippen MR) is 98.7 cm³/mol. The number of fused-ring (bicyclic) bond motifs is 1. The van der Waals surface area contributed by atoms with Gasteiger partial charge in [0.1, 0.15) is 11.5 Å². The van der Waals surface area contributed by atoms with Crippen molar-refractivity contribution >= 4 is 22.9 Å². The number of hydrazone groups is 1. The van der Waals surface area contributed by atoms with Gasteiger partial charge in [-0.1, -0.05) is 24.3 Å². The lowest BCUT2D eigenvalue weighted by Crippen LogP contribution is -2.19. The van der Waals surface area contributed by atoms with E-state index in [1.807, 2.05) is 24.3 Å². The van der Waals surface area contributed by atoms with Gasteiger partial charge in [0, 0.05) is 16.5 Å². The van der Waals surface area contributed by atoms with Crippen LogP contribution in [0.15, 0.2) is 65.8 Å². The Bertz CT molecular complexity index is 1020. The van der Waals surface area contributed by atoms with Crippen LogP contribution in [-0.2, 0) is 0 Å². The summed E-state index contributed by atoms with van der Waals surface area (Å²) in [6.07, 6.45) is -3.30. The highest BCUT2D eigenvalue weighted by Crippen LogP contribution is 2.27. The first-order chi connectivity index (χ1) is 13.4. The predicted octanol–water partition coefficient (Wildman–Crippen LogP) is 4.51. The van der Waals surface area contributed by atoms with Gasteiger partial charge in [0.25, 0.3) is 5.91 Å². The van der Waals surface area contributed by atoms with Gasteiger partial charge >= 0.3 is 6.36 Å². The van der Waals surface area contributed by atoms with Gasteiger partial charge in [-0.3, -0.25) is 4.79 Å². The maximum absolute atomic E-state index is 12.2. The molecule has 144 valence electrons. The lowest BCUT2D eigenvalue weighted by atomic mass is 10.0. The topological polar surface area (TPSA) is 59.9 Å². The number of methoxy groups -OCH3 is 1. The van der Waals surface area contributed by atoms with Crippen LogP contribution in [0.1, 0.15) is 15.9 Å². The molecule has 8 heteroatoms. The normalized spacial score (nSPS) is 11.6. The lowest BCUT2D eigenvalue weighted by Gasteiger charge is -2.09. The number of nitrogens with zero attached hydrogens (tertiary/aromatic N) is 1. The van der Waals surface area contributed by atoms with Crippen LogP contribution in [0.25, 0.3) is 10.8 Å². The summed E-state index contributed by atoms with van der Waals surface area (Å²) in [5.74, 6) is -0.247. The zero-order valence-corrected chi connectivity index (χ0v) is 14.7. The fraction of sp³-hybridized carbons (Fsp3) is 0.100. The third-order valence-electron chi connectivity index (χ3n) is 3.86. The SMILES string of the molecule is COc1ccc(C=NNC(=O)c2ccc(OC(F)(F)F)cc2)c2ccccc12. The zero-order valence-electron chi connectivity index (χ0n) is 14.7. The van der Waals surface area contributed by atoms with Gasteiger partial charge in [-0.05, 0) is 41.8 Å². The van der Waals surface area contributed by atoms with Gasteiger partial charge in [0.2, 0.25) is 0 Å². The largest absolute Gasteiger partial charge is 0.573 e. The van der Waals surface area contributed by atoms with Crippen LogP contribution in [0.4, 0.5) is 13.2 Å². The average Bonchev–Trinajstić information content (AvgIpc) is 2.67. The summed E-state index contributed by atoms with van der Waals surface area (Å²) < 4.78 is 45.6. The molecule has 0 aliphatic rings. The first kappa shape index (κ1) is 19.2. The second-order valence-electron chi connectivity index (χ2n) is 5.67. The van der Waals surface area contributed by atoms with E-state index >= 15 is 0 Å². The standard InChI is InChI=1S/C20H15F3N2O3/c1-27-18-11-8-14(16-4-2-3-5-17(16)18)12-24-25-19(26)13-6-9-15(10-7-13)28-20(21,22)23/h2-12H,1H3,(H,25,26). The van der Waals surface area contributed by atoms with Gasteiger partial charge < -0.3 is 9.47 Å². The van der Waals surface area contributed by atoms with Gasteiger partial charge in [-0.15, -0.1) is 13.2 Å². The summed E-state index contributed by atoms with van der Waals surface area (Å²) in [5, 5.41) is 5.73. The molecule has 0 aromatic heterocycles. The monoisotopic (exact) mass is 388 g/mol. The second-order valence-corrected chi connectivity index (χ2v) is 5.67. The van der Waals surface area contributed by atoms with E-state index < -0.39 is 18.0 Å². The quantitative estimate of drug-likeness (QED) is 0.517. The molecule has 0 unspecified atom stereocenters. The maximum Gasteiger partial charge on any atom is 0.573 e. The summed E-state index contributed by atoms with van der Waals surface area (Å²) in [6, 6.07) is 15.7. The molecule has 1 amide bonds. The van der Waals surface area contributed by atoms with Crippen LogP contribution < -0.4 is 14.9 Å². The number of halogens is 3. The van der Waals surface area contributed by atoms with E-state index in [0.717, 1.165) is 34.2 Å². The van der Waals surface area contributed by atoms with Crippen molar-refractivity contribution in [1.29, 1.82) is 0 Å². The Hall–Kier alpha value is -3.55. The highest BCUT2D eigenvalue weighted by Gasteiger charge is 2.31. The highest BCUT2D eigenvalue weighted by molar-refractivity contribution is 6.03. The van der Waals surface area contributed by atoms with Crippen LogP contribution in [0.2, 0.25) is 0 Å². The molecule has 3 aromatic rings. The Morgan fingerprint density at radius 2 is 1.68 bits per heavy atom. The summed E-state index contributed by atoms with van der Waals surface area (Å²) in [5.41, 5.74) is 3.26. The van der Waals surface area contributed by atoms with Crippen LogP contribution in [0.5, 0.6) is 11.5 Å². The van der Waals surface area contributed by atoms with Crippen molar-refractivity contribution in [2.75, 3.05) is 7.11 Å². The maximum atomic E-state index is 12.2. The van der Waals surface area contributed by atoms with Crippen LogP contribution in [0, 0.1) is 0 Å². The zero-order chi connectivity index (χ0) is 20.1. The number of hydrogen-bond donors (Lipinski definition) is 1. The van der Waals surface area contributed by atoms with E-state index in [0.29, 0.717) is 0 Å². The number of nitrogens with one attached hydrogen (secondary N) is 1. The van der Waals surface area contributed by atoms with Crippen molar-refractivity contribution in [3.63, 3.8) is 0 Å². The Labute approximate surface area is 158 Å². The molecule has 0 aliphatic heterocycles. The first-order valence-corrected chi connectivity index (χ1v) is 8.12. The molecule has 1 N–H and O–H groups in total. The van der Waals surface area contributed by atoms with E-state index in [1.165, 1.54) is 18.3 Å². The Balaban J connectivity index is 1.71. The summed E-state index contributed by atoms with van der Waals surface area (Å²) >= 11 is 0. The van der Waals surface area contributed by atoms with Gasteiger partial charge in [0.05, 0.1) is 13.3 Å². The van der Waals surface area contributed by atoms with E-state index in [4.69, 9.17) is 4.74 Å². The van der Waals surface area contributed by atoms with Crippen molar-refractivity contribution in [2.24, 2.45) is 5.10 Å². The lowest BCUT2D eigenvalue weighted by molar-refractivity contribution is -0.274. The molecule has 0 bridgehead atoms. The highest BCUT2D eigenvalue weighted by atomic mass is 19.4. The number of carbonyl (C=O) groups excluding carboxylic acids is 1. The van der Waals surface area contributed by atoms with Crippen molar-refractivity contribution in [3.8, 4) is 11.5 Å². The number of rotatable bonds is 5. The van der Waals surface area contributed by atoms with E-state index in [9.17, 15) is 18.0 Å². The molecule has 0 aliphatic carbocycles. The molecular formula is C20H15F3N2O3. The van der Waals surface area contributed by atoms with Crippen molar-refractivity contribution in [2.45, 2.75) is 6.36 Å². The molecule has 5 nitrogen and oxygen atoms in total. The molecule has 0 saturated carbocycles. The Kier molecular flexibility index (Phi) is 5.49. The molecule has 0 radical (unpaired) electrons. The smallest absolute Gasteiger partial charge is 0.496 e. The fourth-order valence-corrected chi connectivity index (χ4v) is 2.62. The van der Waals surface area contributed by atoms with Crippen LogP contribution >= 0.6 is 0 Å². The molecular weight excluding hydrogens is 373 g/mol. The van der Waals surface area contributed by atoms with E-state index in [2.05, 4.69) is 15.3 Å². The van der Waals surface area contributed by atoms with Crippen molar-refractivity contribution in [1.82, 2.24) is 5.43 Å². The van der Waals surface area contributed by atoms with Crippen LogP contribution in [-0.4, -0.2) is 25.6 Å². The van der Waals surface area contributed by atoms with Gasteiger partial charge in [-0.25, -0.2) is 5.43 Å². The third-order valence-corrected chi connectivity index (χ3v) is 3.86. The molecule has 0 heterocycles. The minimum absolute atomic E-state index is 0.145. The molecule has 3 aromatic carbocycles. The Morgan fingerprint density at radius 1 is 1.00 bits per heavy atom. The summed E-state index contributed by atoms with van der Waals surface area (Å²) in [7, 11) is 1.58.